The molecule has 1 aliphatic heterocycles. The Kier molecular flexibility index (Phi) is 8.42. The van der Waals surface area contributed by atoms with E-state index in [9.17, 15) is 9.18 Å². The van der Waals surface area contributed by atoms with E-state index in [2.05, 4.69) is 14.9 Å². The van der Waals surface area contributed by atoms with Crippen LogP contribution in [0.25, 0.3) is 0 Å². The normalized spacial score (nSPS) is 15.8. The Labute approximate surface area is 184 Å². The molecule has 7 nitrogen and oxygen atoms in total. The number of aliphatic imine (C=N–C) groups is 1. The highest BCUT2D eigenvalue weighted by atomic mass is 127. The first-order valence-corrected chi connectivity index (χ1v) is 9.64. The second kappa shape index (κ2) is 10.6. The molecule has 152 valence electrons. The van der Waals surface area contributed by atoms with Crippen molar-refractivity contribution < 1.29 is 9.18 Å². The van der Waals surface area contributed by atoms with E-state index in [1.54, 1.807) is 29.7 Å². The largest absolute Gasteiger partial charge is 0.370 e. The van der Waals surface area contributed by atoms with E-state index in [4.69, 9.17) is 11.5 Å². The second-order valence-electron chi connectivity index (χ2n) is 6.42. The zero-order chi connectivity index (χ0) is 19.2. The second-order valence-corrected chi connectivity index (χ2v) is 7.29. The smallest absolute Gasteiger partial charge is 0.222 e. The van der Waals surface area contributed by atoms with Gasteiger partial charge in [0, 0.05) is 37.8 Å². The van der Waals surface area contributed by atoms with Crippen LogP contribution in [0.4, 0.5) is 9.52 Å². The summed E-state index contributed by atoms with van der Waals surface area (Å²) >= 11 is 1.62. The van der Waals surface area contributed by atoms with Crippen LogP contribution in [0.2, 0.25) is 0 Å². The number of aromatic nitrogens is 1. The predicted molar refractivity (Wildman–Crippen MR) is 121 cm³/mol. The number of hydrogen-bond acceptors (Lipinski definition) is 5. The first-order chi connectivity index (χ1) is 13.0. The molecule has 10 heteroatoms. The number of nitrogens with zero attached hydrogens (tertiary/aromatic N) is 4. The molecule has 3 rings (SSSR count). The van der Waals surface area contributed by atoms with Gasteiger partial charge in [0.2, 0.25) is 5.91 Å². The fraction of sp³-hybridized carbons (Fsp3) is 0.389. The molecule has 0 spiro atoms. The molecule has 0 saturated carbocycles. The van der Waals surface area contributed by atoms with Crippen molar-refractivity contribution in [1.82, 2.24) is 9.88 Å². The first-order valence-electron chi connectivity index (χ1n) is 8.76. The van der Waals surface area contributed by atoms with Gasteiger partial charge in [-0.15, -0.1) is 35.3 Å². The van der Waals surface area contributed by atoms with Crippen molar-refractivity contribution in [2.45, 2.75) is 6.42 Å². The highest BCUT2D eigenvalue weighted by molar-refractivity contribution is 14.0. The zero-order valence-electron chi connectivity index (χ0n) is 15.3. The van der Waals surface area contributed by atoms with Gasteiger partial charge >= 0.3 is 0 Å². The average molecular weight is 518 g/mol. The number of rotatable bonds is 6. The van der Waals surface area contributed by atoms with Gasteiger partial charge in [0.05, 0.1) is 12.5 Å². The number of primary amides is 1. The summed E-state index contributed by atoms with van der Waals surface area (Å²) in [7, 11) is 0. The lowest BCUT2D eigenvalue weighted by Crippen LogP contribution is -2.51. The number of carbonyl (C=O) groups excluding carboxylic acids is 1. The Morgan fingerprint density at radius 3 is 2.46 bits per heavy atom. The number of carbonyl (C=O) groups is 1. The Balaban J connectivity index is 0.00000280. The molecule has 1 aliphatic rings. The van der Waals surface area contributed by atoms with E-state index in [-0.39, 0.29) is 36.3 Å². The quantitative estimate of drug-likeness (QED) is 0.345. The number of nitrogens with two attached hydrogens (primary N) is 2. The number of benzene rings is 1. The maximum atomic E-state index is 13.0. The molecule has 1 unspecified atom stereocenters. The summed E-state index contributed by atoms with van der Waals surface area (Å²) in [5.41, 5.74) is 12.5. The van der Waals surface area contributed by atoms with Crippen molar-refractivity contribution in [3.05, 3.63) is 47.2 Å². The Bertz CT molecular complexity index is 778. The van der Waals surface area contributed by atoms with Gasteiger partial charge < -0.3 is 21.3 Å². The van der Waals surface area contributed by atoms with E-state index in [1.807, 2.05) is 10.3 Å². The summed E-state index contributed by atoms with van der Waals surface area (Å²) in [6.07, 6.45) is 2.21. The lowest BCUT2D eigenvalue weighted by molar-refractivity contribution is -0.121. The third kappa shape index (κ3) is 6.03. The van der Waals surface area contributed by atoms with Crippen molar-refractivity contribution in [3.8, 4) is 0 Å². The van der Waals surface area contributed by atoms with Gasteiger partial charge in [-0.25, -0.2) is 9.37 Å². The zero-order valence-corrected chi connectivity index (χ0v) is 18.5. The summed E-state index contributed by atoms with van der Waals surface area (Å²) in [4.78, 5) is 24.7. The lowest BCUT2D eigenvalue weighted by Gasteiger charge is -2.35. The Morgan fingerprint density at radius 2 is 1.89 bits per heavy atom. The molecule has 4 N–H and O–H groups in total. The van der Waals surface area contributed by atoms with Gasteiger partial charge in [-0.1, -0.05) is 12.1 Å². The molecule has 2 aromatic rings. The van der Waals surface area contributed by atoms with Gasteiger partial charge in [-0.3, -0.25) is 9.79 Å². The number of amides is 1. The number of anilines is 1. The van der Waals surface area contributed by atoms with Gasteiger partial charge in [-0.2, -0.15) is 0 Å². The minimum atomic E-state index is -0.481. The summed E-state index contributed by atoms with van der Waals surface area (Å²) in [5.74, 6) is -0.817. The molecule has 1 amide bonds. The molecular formula is C18H24FIN6OS. The van der Waals surface area contributed by atoms with Crippen LogP contribution in [0, 0.1) is 11.7 Å². The number of guanidine groups is 1. The van der Waals surface area contributed by atoms with Crippen LogP contribution in [0.5, 0.6) is 0 Å². The van der Waals surface area contributed by atoms with E-state index < -0.39 is 11.8 Å². The highest BCUT2D eigenvalue weighted by Crippen LogP contribution is 2.18. The lowest BCUT2D eigenvalue weighted by atomic mass is 9.99. The molecule has 1 fully saturated rings. The minimum absolute atomic E-state index is 0. The van der Waals surface area contributed by atoms with Crippen LogP contribution in [0.15, 0.2) is 40.8 Å². The molecule has 1 aromatic heterocycles. The van der Waals surface area contributed by atoms with Gasteiger partial charge in [0.1, 0.15) is 5.82 Å². The highest BCUT2D eigenvalue weighted by Gasteiger charge is 2.21. The molecule has 0 radical (unpaired) electrons. The van der Waals surface area contributed by atoms with E-state index in [1.165, 1.54) is 12.1 Å². The molecule has 1 saturated heterocycles. The predicted octanol–water partition coefficient (Wildman–Crippen LogP) is 1.68. The fourth-order valence-electron chi connectivity index (χ4n) is 2.96. The maximum absolute atomic E-state index is 13.0. The third-order valence-corrected chi connectivity index (χ3v) is 5.40. The number of piperazine rings is 1. The standard InChI is InChI=1S/C18H23FN6OS.HI/c19-15-3-1-13(2-4-15)11-14(16(20)26)12-23-17(21)24-6-8-25(9-7-24)18-22-5-10-27-18;/h1-5,10,14H,6-9,11-12H2,(H2,20,26)(H2,21,23);1H. The SMILES string of the molecule is I.NC(=O)C(CN=C(N)N1CCN(c2nccs2)CC1)Cc1ccc(F)cc1. The van der Waals surface area contributed by atoms with Crippen LogP contribution in [0.1, 0.15) is 5.56 Å². The van der Waals surface area contributed by atoms with Crippen molar-refractivity contribution in [2.24, 2.45) is 22.4 Å². The van der Waals surface area contributed by atoms with Crippen LogP contribution in [-0.4, -0.2) is 54.5 Å². The van der Waals surface area contributed by atoms with E-state index in [0.29, 0.717) is 12.4 Å². The number of thiazole rings is 1. The molecule has 28 heavy (non-hydrogen) atoms. The van der Waals surface area contributed by atoms with Crippen molar-refractivity contribution in [3.63, 3.8) is 0 Å². The number of hydrogen-bond donors (Lipinski definition) is 2. The molecule has 1 aromatic carbocycles. The number of halogens is 2. The molecule has 1 atom stereocenters. The maximum Gasteiger partial charge on any atom is 0.222 e. The fourth-order valence-corrected chi connectivity index (χ4v) is 3.66. The topological polar surface area (TPSA) is 101 Å². The summed E-state index contributed by atoms with van der Waals surface area (Å²) < 4.78 is 13.0. The van der Waals surface area contributed by atoms with E-state index >= 15 is 0 Å². The van der Waals surface area contributed by atoms with Crippen LogP contribution in [0.3, 0.4) is 0 Å². The monoisotopic (exact) mass is 518 g/mol. The van der Waals surface area contributed by atoms with Crippen LogP contribution >= 0.6 is 35.3 Å². The minimum Gasteiger partial charge on any atom is -0.370 e. The van der Waals surface area contributed by atoms with Crippen molar-refractivity contribution >= 4 is 52.3 Å². The summed E-state index contributed by atoms with van der Waals surface area (Å²) in [6, 6.07) is 6.03. The molecule has 0 bridgehead atoms. The summed E-state index contributed by atoms with van der Waals surface area (Å²) in [5, 5.41) is 2.97. The molecule has 0 aliphatic carbocycles. The third-order valence-electron chi connectivity index (χ3n) is 4.56. The molecular weight excluding hydrogens is 494 g/mol. The van der Waals surface area contributed by atoms with Crippen molar-refractivity contribution in [2.75, 3.05) is 37.6 Å². The van der Waals surface area contributed by atoms with Crippen LogP contribution in [-0.2, 0) is 11.2 Å². The molecule has 2 heterocycles. The van der Waals surface area contributed by atoms with Gasteiger partial charge in [0.15, 0.2) is 11.1 Å². The first kappa shape index (κ1) is 22.3. The Morgan fingerprint density at radius 1 is 1.21 bits per heavy atom. The van der Waals surface area contributed by atoms with Crippen molar-refractivity contribution in [1.29, 1.82) is 0 Å². The van der Waals surface area contributed by atoms with E-state index in [0.717, 1.165) is 36.9 Å². The van der Waals surface area contributed by atoms with Gasteiger partial charge in [-0.05, 0) is 24.1 Å². The van der Waals surface area contributed by atoms with Gasteiger partial charge in [0.25, 0.3) is 0 Å². The summed E-state index contributed by atoms with van der Waals surface area (Å²) in [6.45, 7) is 3.34. The average Bonchev–Trinajstić information content (AvgIpc) is 3.21. The van der Waals surface area contributed by atoms with Crippen LogP contribution < -0.4 is 16.4 Å². The Hall–Kier alpha value is -1.95.